The van der Waals surface area contributed by atoms with Crippen LogP contribution in [0.4, 0.5) is 10.5 Å². The van der Waals surface area contributed by atoms with E-state index in [1.807, 2.05) is 30.5 Å². The van der Waals surface area contributed by atoms with Gasteiger partial charge in [-0.3, -0.25) is 0 Å². The number of rotatable bonds is 3. The average Bonchev–Trinajstić information content (AvgIpc) is 3.06. The van der Waals surface area contributed by atoms with Crippen molar-refractivity contribution in [3.8, 4) is 0 Å². The van der Waals surface area contributed by atoms with Crippen LogP contribution in [0.1, 0.15) is 37.2 Å². The van der Waals surface area contributed by atoms with Gasteiger partial charge in [-0.1, -0.05) is 48.5 Å². The van der Waals surface area contributed by atoms with Crippen molar-refractivity contribution in [2.24, 2.45) is 0 Å². The van der Waals surface area contributed by atoms with Gasteiger partial charge in [-0.05, 0) is 43.2 Å². The van der Waals surface area contributed by atoms with Gasteiger partial charge in [0.1, 0.15) is 0 Å². The fourth-order valence-corrected chi connectivity index (χ4v) is 3.82. The Morgan fingerprint density at radius 2 is 1.64 bits per heavy atom. The van der Waals surface area contributed by atoms with Gasteiger partial charge in [0, 0.05) is 23.1 Å². The monoisotopic (exact) mass is 333 g/mol. The lowest BCUT2D eigenvalue weighted by Gasteiger charge is -2.29. The molecule has 0 aliphatic heterocycles. The third kappa shape index (κ3) is 3.53. The van der Waals surface area contributed by atoms with Gasteiger partial charge in [-0.2, -0.15) is 0 Å². The van der Waals surface area contributed by atoms with Crippen LogP contribution in [0.15, 0.2) is 60.8 Å². The number of urea groups is 1. The number of H-pyrrole nitrogens is 1. The van der Waals surface area contributed by atoms with E-state index in [4.69, 9.17) is 0 Å². The van der Waals surface area contributed by atoms with Crippen molar-refractivity contribution < 1.29 is 4.79 Å². The van der Waals surface area contributed by atoms with Crippen LogP contribution in [-0.2, 0) is 0 Å². The first-order chi connectivity index (χ1) is 12.3. The van der Waals surface area contributed by atoms with E-state index in [0.29, 0.717) is 5.92 Å². The van der Waals surface area contributed by atoms with Crippen LogP contribution in [0.25, 0.3) is 10.9 Å². The zero-order chi connectivity index (χ0) is 17.1. The number of anilines is 1. The number of carbonyl (C=O) groups is 1. The van der Waals surface area contributed by atoms with Gasteiger partial charge in [0.15, 0.2) is 0 Å². The Morgan fingerprint density at radius 1 is 0.920 bits per heavy atom. The van der Waals surface area contributed by atoms with E-state index in [1.54, 1.807) is 0 Å². The third-order valence-corrected chi connectivity index (χ3v) is 5.17. The van der Waals surface area contributed by atoms with Crippen LogP contribution >= 0.6 is 0 Å². The molecule has 1 heterocycles. The number of aromatic amines is 1. The van der Waals surface area contributed by atoms with E-state index in [2.05, 4.69) is 45.9 Å². The van der Waals surface area contributed by atoms with Gasteiger partial charge < -0.3 is 15.6 Å². The lowest BCUT2D eigenvalue weighted by atomic mass is 9.82. The molecule has 1 aliphatic rings. The molecular weight excluding hydrogens is 310 g/mol. The second kappa shape index (κ2) is 7.01. The lowest BCUT2D eigenvalue weighted by Crippen LogP contribution is -2.39. The molecule has 128 valence electrons. The minimum absolute atomic E-state index is 0.118. The molecule has 0 spiro atoms. The summed E-state index contributed by atoms with van der Waals surface area (Å²) >= 11 is 0. The molecule has 4 rings (SSSR count). The van der Waals surface area contributed by atoms with Crippen molar-refractivity contribution in [3.63, 3.8) is 0 Å². The average molecular weight is 333 g/mol. The van der Waals surface area contributed by atoms with E-state index in [9.17, 15) is 4.79 Å². The summed E-state index contributed by atoms with van der Waals surface area (Å²) in [4.78, 5) is 15.5. The van der Waals surface area contributed by atoms with Crippen molar-refractivity contribution >= 4 is 22.6 Å². The lowest BCUT2D eigenvalue weighted by molar-refractivity contribution is 0.242. The summed E-state index contributed by atoms with van der Waals surface area (Å²) in [6.07, 6.45) is 6.16. The predicted molar refractivity (Wildman–Crippen MR) is 102 cm³/mol. The predicted octanol–water partition coefficient (Wildman–Crippen LogP) is 5.02. The zero-order valence-electron chi connectivity index (χ0n) is 14.2. The molecule has 2 amide bonds. The van der Waals surface area contributed by atoms with E-state index >= 15 is 0 Å². The molecule has 1 fully saturated rings. The summed E-state index contributed by atoms with van der Waals surface area (Å²) in [5.41, 5.74) is 3.27. The summed E-state index contributed by atoms with van der Waals surface area (Å²) in [6, 6.07) is 18.8. The molecule has 3 N–H and O–H groups in total. The molecule has 0 unspecified atom stereocenters. The van der Waals surface area contributed by atoms with E-state index in [-0.39, 0.29) is 12.1 Å². The topological polar surface area (TPSA) is 56.9 Å². The molecule has 3 aromatic rings. The van der Waals surface area contributed by atoms with Crippen LogP contribution in [0.5, 0.6) is 0 Å². The number of fused-ring (bicyclic) bond motifs is 1. The number of amides is 2. The van der Waals surface area contributed by atoms with E-state index in [0.717, 1.165) is 42.3 Å². The minimum atomic E-state index is -0.118. The molecular formula is C21H23N3O. The number of hydrogen-bond donors (Lipinski definition) is 3. The normalized spacial score (nSPS) is 20.3. The summed E-state index contributed by atoms with van der Waals surface area (Å²) < 4.78 is 0. The highest BCUT2D eigenvalue weighted by molar-refractivity contribution is 6.01. The largest absolute Gasteiger partial charge is 0.359 e. The van der Waals surface area contributed by atoms with Crippen molar-refractivity contribution in [2.45, 2.75) is 37.6 Å². The molecule has 0 saturated heterocycles. The minimum Gasteiger partial charge on any atom is -0.359 e. The maximum atomic E-state index is 12.3. The summed E-state index contributed by atoms with van der Waals surface area (Å²) in [5.74, 6) is 0.621. The smallest absolute Gasteiger partial charge is 0.319 e. The molecule has 1 aromatic heterocycles. The molecule has 0 atom stereocenters. The zero-order valence-corrected chi connectivity index (χ0v) is 14.2. The van der Waals surface area contributed by atoms with Crippen LogP contribution in [0, 0.1) is 0 Å². The highest BCUT2D eigenvalue weighted by Crippen LogP contribution is 2.32. The Balaban J connectivity index is 1.32. The van der Waals surface area contributed by atoms with Gasteiger partial charge in [0.05, 0.1) is 5.69 Å². The Kier molecular flexibility index (Phi) is 4.42. The summed E-state index contributed by atoms with van der Waals surface area (Å²) in [6.45, 7) is 0. The summed E-state index contributed by atoms with van der Waals surface area (Å²) in [7, 11) is 0. The highest BCUT2D eigenvalue weighted by Gasteiger charge is 2.23. The van der Waals surface area contributed by atoms with Crippen molar-refractivity contribution in [2.75, 3.05) is 5.32 Å². The number of hydrogen-bond acceptors (Lipinski definition) is 1. The molecule has 4 nitrogen and oxygen atoms in total. The third-order valence-electron chi connectivity index (χ3n) is 5.17. The Labute approximate surface area is 147 Å². The molecule has 1 saturated carbocycles. The quantitative estimate of drug-likeness (QED) is 0.619. The SMILES string of the molecule is O=C(Nc1c[nH]c2ccccc12)NC1CCC(c2ccccc2)CC1. The van der Waals surface area contributed by atoms with Crippen molar-refractivity contribution in [1.29, 1.82) is 0 Å². The maximum Gasteiger partial charge on any atom is 0.319 e. The van der Waals surface area contributed by atoms with Crippen molar-refractivity contribution in [1.82, 2.24) is 10.3 Å². The Hall–Kier alpha value is -2.75. The van der Waals surface area contributed by atoms with Gasteiger partial charge in [0.2, 0.25) is 0 Å². The molecule has 4 heteroatoms. The van der Waals surface area contributed by atoms with Gasteiger partial charge in [-0.25, -0.2) is 4.79 Å². The van der Waals surface area contributed by atoms with Crippen LogP contribution in [0.3, 0.4) is 0 Å². The first-order valence-electron chi connectivity index (χ1n) is 8.98. The van der Waals surface area contributed by atoms with Crippen LogP contribution < -0.4 is 10.6 Å². The number of nitrogens with one attached hydrogen (secondary N) is 3. The molecule has 1 aliphatic carbocycles. The second-order valence-corrected chi connectivity index (χ2v) is 6.81. The van der Waals surface area contributed by atoms with Crippen LogP contribution in [0.2, 0.25) is 0 Å². The standard InChI is InChI=1S/C21H23N3O/c25-21(24-20-14-22-19-9-5-4-8-18(19)20)23-17-12-10-16(11-13-17)15-6-2-1-3-7-15/h1-9,14,16-17,22H,10-13H2,(H2,23,24,25). The summed E-state index contributed by atoms with van der Waals surface area (Å²) in [5, 5.41) is 7.14. The van der Waals surface area contributed by atoms with Gasteiger partial charge in [0.25, 0.3) is 0 Å². The molecule has 0 radical (unpaired) electrons. The number of para-hydroxylation sites is 1. The van der Waals surface area contributed by atoms with E-state index in [1.165, 1.54) is 5.56 Å². The van der Waals surface area contributed by atoms with Gasteiger partial charge in [-0.15, -0.1) is 0 Å². The first-order valence-corrected chi connectivity index (χ1v) is 8.98. The maximum absolute atomic E-state index is 12.3. The number of carbonyl (C=O) groups excluding carboxylic acids is 1. The van der Waals surface area contributed by atoms with E-state index < -0.39 is 0 Å². The first kappa shape index (κ1) is 15.8. The van der Waals surface area contributed by atoms with Crippen LogP contribution in [-0.4, -0.2) is 17.1 Å². The number of aromatic nitrogens is 1. The fourth-order valence-electron chi connectivity index (χ4n) is 3.82. The number of benzene rings is 2. The highest BCUT2D eigenvalue weighted by atomic mass is 16.2. The molecule has 25 heavy (non-hydrogen) atoms. The molecule has 2 aromatic carbocycles. The van der Waals surface area contributed by atoms with Gasteiger partial charge >= 0.3 is 6.03 Å². The molecule has 0 bridgehead atoms. The Bertz CT molecular complexity index is 848. The fraction of sp³-hybridized carbons (Fsp3) is 0.286. The van der Waals surface area contributed by atoms with Crippen molar-refractivity contribution in [3.05, 3.63) is 66.4 Å². The second-order valence-electron chi connectivity index (χ2n) is 6.81. The Morgan fingerprint density at radius 3 is 2.44 bits per heavy atom.